The molecule has 0 aromatic heterocycles. The molecule has 5 atom stereocenters. The molecule has 0 bridgehead atoms. The number of methoxy groups -OCH3 is 1. The normalized spacial score (nSPS) is 37.8. The van der Waals surface area contributed by atoms with E-state index in [0.717, 1.165) is 18.4 Å². The maximum atomic E-state index is 10.9. The zero-order valence-electron chi connectivity index (χ0n) is 16.5. The number of ether oxygens (including phenoxy) is 1. The van der Waals surface area contributed by atoms with Gasteiger partial charge in [-0.15, -0.1) is 0 Å². The molecular formula is C19H37IN3O2-. The predicted octanol–water partition coefficient (Wildman–Crippen LogP) is -0.162. The van der Waals surface area contributed by atoms with Gasteiger partial charge in [0.05, 0.1) is 0 Å². The van der Waals surface area contributed by atoms with Crippen LogP contribution in [0.1, 0.15) is 59.8 Å². The van der Waals surface area contributed by atoms with Crippen molar-refractivity contribution in [3.05, 3.63) is 11.9 Å². The van der Waals surface area contributed by atoms with Crippen LogP contribution in [0.5, 0.6) is 0 Å². The van der Waals surface area contributed by atoms with Gasteiger partial charge in [0.1, 0.15) is 0 Å². The first kappa shape index (κ1) is 21.3. The van der Waals surface area contributed by atoms with Crippen LogP contribution in [-0.4, -0.2) is 40.2 Å². The third kappa shape index (κ3) is 5.47. The van der Waals surface area contributed by atoms with E-state index in [1.54, 1.807) is 7.11 Å². The van der Waals surface area contributed by atoms with Crippen LogP contribution in [0.4, 0.5) is 0 Å². The topological polar surface area (TPSA) is 56.8 Å². The first-order valence-electron chi connectivity index (χ1n) is 9.75. The molecule has 0 aromatic rings. The van der Waals surface area contributed by atoms with E-state index < -0.39 is 27.5 Å². The number of hydrogen-bond donors (Lipinski definition) is 3. The summed E-state index contributed by atoms with van der Waals surface area (Å²) in [6.07, 6.45) is 8.79. The minimum atomic E-state index is -0.870. The molecule has 3 N–H and O–H groups in total. The Labute approximate surface area is 164 Å². The van der Waals surface area contributed by atoms with Crippen molar-refractivity contribution >= 4 is 0 Å². The molecule has 1 aliphatic carbocycles. The van der Waals surface area contributed by atoms with Gasteiger partial charge in [-0.1, -0.05) is 0 Å². The second kappa shape index (κ2) is 9.76. The van der Waals surface area contributed by atoms with Crippen LogP contribution in [0.15, 0.2) is 11.9 Å². The summed E-state index contributed by atoms with van der Waals surface area (Å²) >= 11 is -0.486. The Morgan fingerprint density at radius 1 is 1.40 bits per heavy atom. The Kier molecular flexibility index (Phi) is 8.30. The molecule has 0 radical (unpaired) electrons. The molecule has 0 aromatic carbocycles. The van der Waals surface area contributed by atoms with Gasteiger partial charge in [-0.25, -0.2) is 0 Å². The molecule has 0 saturated heterocycles. The number of nitrogens with zero attached hydrogens (tertiary/aromatic N) is 1. The van der Waals surface area contributed by atoms with E-state index in [-0.39, 0.29) is 6.04 Å². The van der Waals surface area contributed by atoms with Gasteiger partial charge in [-0.3, -0.25) is 0 Å². The second-order valence-electron chi connectivity index (χ2n) is 7.89. The fourth-order valence-electron chi connectivity index (χ4n) is 4.05. The average Bonchev–Trinajstić information content (AvgIpc) is 2.57. The van der Waals surface area contributed by atoms with Crippen molar-refractivity contribution in [1.82, 2.24) is 12.0 Å². The van der Waals surface area contributed by atoms with Crippen LogP contribution < -0.4 is 30.6 Å². The predicted molar refractivity (Wildman–Crippen MR) is 97.9 cm³/mol. The van der Waals surface area contributed by atoms with E-state index in [1.807, 2.05) is 6.92 Å². The molecule has 1 heterocycles. The van der Waals surface area contributed by atoms with Crippen LogP contribution in [0.25, 0.3) is 0 Å². The molecule has 0 amide bonds. The Hall–Kier alpha value is -0.0500. The summed E-state index contributed by atoms with van der Waals surface area (Å²) in [6.45, 7) is 10.1. The van der Waals surface area contributed by atoms with Crippen molar-refractivity contribution in [3.8, 4) is 0 Å². The summed E-state index contributed by atoms with van der Waals surface area (Å²) in [5.41, 5.74) is 0.477. The molecule has 25 heavy (non-hydrogen) atoms. The van der Waals surface area contributed by atoms with E-state index in [0.29, 0.717) is 12.5 Å². The fourth-order valence-corrected chi connectivity index (χ4v) is 6.52. The zero-order valence-corrected chi connectivity index (χ0v) is 18.7. The molecule has 2 aliphatic rings. The monoisotopic (exact) mass is 466 g/mol. The van der Waals surface area contributed by atoms with Gasteiger partial charge in [0, 0.05) is 0 Å². The molecule has 0 unspecified atom stereocenters. The summed E-state index contributed by atoms with van der Waals surface area (Å²) in [5, 5.41) is 14.4. The second-order valence-corrected chi connectivity index (χ2v) is 10.1. The summed E-state index contributed by atoms with van der Waals surface area (Å²) in [7, 11) is 1.72. The third-order valence-electron chi connectivity index (χ3n) is 5.92. The summed E-state index contributed by atoms with van der Waals surface area (Å²) < 4.78 is 11.1. The summed E-state index contributed by atoms with van der Waals surface area (Å²) in [4.78, 5) is 0. The van der Waals surface area contributed by atoms with Crippen molar-refractivity contribution < 1.29 is 31.6 Å². The van der Waals surface area contributed by atoms with E-state index in [1.165, 1.54) is 37.8 Å². The Balaban J connectivity index is 2.06. The van der Waals surface area contributed by atoms with Crippen molar-refractivity contribution in [2.75, 3.05) is 20.3 Å². The van der Waals surface area contributed by atoms with Gasteiger partial charge in [-0.2, -0.15) is 0 Å². The van der Waals surface area contributed by atoms with E-state index in [9.17, 15) is 5.11 Å². The molecule has 6 heteroatoms. The van der Waals surface area contributed by atoms with Gasteiger partial charge in [0.15, 0.2) is 0 Å². The van der Waals surface area contributed by atoms with Crippen molar-refractivity contribution in [1.29, 1.82) is 0 Å². The van der Waals surface area contributed by atoms with Crippen LogP contribution in [0.3, 0.4) is 0 Å². The molecule has 148 valence electrons. The van der Waals surface area contributed by atoms with Gasteiger partial charge >= 0.3 is 165 Å². The molecule has 1 aliphatic heterocycles. The summed E-state index contributed by atoms with van der Waals surface area (Å²) in [5.74, 6) is 2.24. The molecule has 5 nitrogen and oxygen atoms in total. The van der Waals surface area contributed by atoms with Crippen molar-refractivity contribution in [3.63, 3.8) is 0 Å². The molecule has 1 saturated carbocycles. The van der Waals surface area contributed by atoms with E-state index in [2.05, 4.69) is 38.9 Å². The van der Waals surface area contributed by atoms with Crippen LogP contribution in [0, 0.1) is 17.8 Å². The zero-order chi connectivity index (χ0) is 18.4. The quantitative estimate of drug-likeness (QED) is 0.375. The molecular weight excluding hydrogens is 429 g/mol. The number of nitrogens with one attached hydrogen (secondary N) is 2. The van der Waals surface area contributed by atoms with Gasteiger partial charge in [0.25, 0.3) is 0 Å². The molecule has 2 rings (SSSR count). The fraction of sp³-hybridized carbons (Fsp3) is 0.895. The number of aliphatic hydroxyl groups is 1. The van der Waals surface area contributed by atoms with Crippen LogP contribution in [-0.2, 0) is 4.74 Å². The number of hydrogen-bond acceptors (Lipinski definition) is 5. The first-order chi connectivity index (χ1) is 11.9. The van der Waals surface area contributed by atoms with Gasteiger partial charge in [0.2, 0.25) is 0 Å². The Bertz CT molecular complexity index is 444. The molecule has 1 fully saturated rings. The molecule has 0 spiro atoms. The number of allylic oxidation sites excluding steroid dienone is 1. The first-order valence-corrected chi connectivity index (χ1v) is 11.8. The van der Waals surface area contributed by atoms with E-state index in [4.69, 9.17) is 4.74 Å². The SMILES string of the molecule is CCC[C@H]1CC[C@@H](C2=CN[C@@H](C)[C@@](C)(O)N(CCOC)[I-]N2)[C@@H](C)C1. The third-order valence-corrected chi connectivity index (χ3v) is 8.83. The standard InChI is InChI=1S/C19H37IN3O2/c1-6-7-16-8-9-17(14(2)12-16)18-13-21-15(3)19(4,24)23(20-22-18)10-11-25-5/h13-17,21-22,24H,6-12H2,1-5H3/q-1/t14-,15-,16-,17+,19+/m0/s1. The van der Waals surface area contributed by atoms with Crippen molar-refractivity contribution in [2.24, 2.45) is 17.8 Å². The number of halogens is 1. The number of rotatable bonds is 6. The van der Waals surface area contributed by atoms with Gasteiger partial charge < -0.3 is 0 Å². The Morgan fingerprint density at radius 2 is 2.16 bits per heavy atom. The minimum absolute atomic E-state index is 0.0205. The Morgan fingerprint density at radius 3 is 2.80 bits per heavy atom. The van der Waals surface area contributed by atoms with Crippen LogP contribution >= 0.6 is 0 Å². The average molecular weight is 466 g/mol. The van der Waals surface area contributed by atoms with Crippen molar-refractivity contribution in [2.45, 2.75) is 71.6 Å². The maximum absolute atomic E-state index is 10.9. The van der Waals surface area contributed by atoms with E-state index >= 15 is 0 Å². The van der Waals surface area contributed by atoms with Crippen LogP contribution in [0.2, 0.25) is 0 Å². The summed E-state index contributed by atoms with van der Waals surface area (Å²) in [6, 6.07) is -0.0205. The van der Waals surface area contributed by atoms with Gasteiger partial charge in [-0.05, 0) is 0 Å².